The fourth-order valence-corrected chi connectivity index (χ4v) is 3.79. The van der Waals surface area contributed by atoms with Crippen molar-refractivity contribution in [3.63, 3.8) is 0 Å². The van der Waals surface area contributed by atoms with Crippen LogP contribution < -0.4 is 5.32 Å². The highest BCUT2D eigenvalue weighted by Gasteiger charge is 2.46. The zero-order valence-electron chi connectivity index (χ0n) is 15.8. The number of nitrogens with zero attached hydrogens (tertiary/aromatic N) is 4. The number of amides is 2. The first-order valence-electron chi connectivity index (χ1n) is 9.45. The molecule has 2 aliphatic heterocycles. The zero-order chi connectivity index (χ0) is 18.9. The fraction of sp³-hybridized carbons (Fsp3) is 0.500. The van der Waals surface area contributed by atoms with Gasteiger partial charge in [-0.1, -0.05) is 13.8 Å². The van der Waals surface area contributed by atoms with E-state index in [1.54, 1.807) is 12.4 Å². The Hall–Kier alpha value is -2.54. The van der Waals surface area contributed by atoms with Crippen molar-refractivity contribution in [2.75, 3.05) is 26.2 Å². The molecule has 142 valence electrons. The van der Waals surface area contributed by atoms with Gasteiger partial charge in [0.1, 0.15) is 0 Å². The molecule has 0 bridgehead atoms. The molecule has 7 nitrogen and oxygen atoms in total. The summed E-state index contributed by atoms with van der Waals surface area (Å²) in [4.78, 5) is 28.0. The SMILES string of the molecule is CC(C)CNC(=O)N1CCC2(COCc3cnc(-c4cccnc4)nc32)C1. The number of hydrogen-bond acceptors (Lipinski definition) is 5. The largest absolute Gasteiger partial charge is 0.376 e. The quantitative estimate of drug-likeness (QED) is 0.901. The molecule has 2 amide bonds. The molecule has 4 rings (SSSR count). The van der Waals surface area contributed by atoms with Gasteiger partial charge in [0.05, 0.1) is 24.3 Å². The van der Waals surface area contributed by atoms with E-state index in [-0.39, 0.29) is 11.4 Å². The van der Waals surface area contributed by atoms with E-state index in [4.69, 9.17) is 9.72 Å². The number of fused-ring (bicyclic) bond motifs is 2. The highest BCUT2D eigenvalue weighted by Crippen LogP contribution is 2.39. The summed E-state index contributed by atoms with van der Waals surface area (Å²) in [5, 5.41) is 3.01. The van der Waals surface area contributed by atoms with E-state index in [0.717, 1.165) is 23.2 Å². The van der Waals surface area contributed by atoms with Crippen LogP contribution in [0.1, 0.15) is 31.5 Å². The van der Waals surface area contributed by atoms with Crippen LogP contribution in [0.15, 0.2) is 30.7 Å². The molecule has 1 unspecified atom stereocenters. The number of likely N-dealkylation sites (tertiary alicyclic amines) is 1. The normalized spacial score (nSPS) is 21.5. The molecule has 1 spiro atoms. The lowest BCUT2D eigenvalue weighted by Gasteiger charge is -2.34. The summed E-state index contributed by atoms with van der Waals surface area (Å²) in [7, 11) is 0. The van der Waals surface area contributed by atoms with E-state index >= 15 is 0 Å². The van der Waals surface area contributed by atoms with Gasteiger partial charge in [-0.3, -0.25) is 4.98 Å². The molecule has 1 atom stereocenters. The number of nitrogens with one attached hydrogen (secondary N) is 1. The minimum absolute atomic E-state index is 0.00534. The van der Waals surface area contributed by atoms with Gasteiger partial charge in [-0.15, -0.1) is 0 Å². The van der Waals surface area contributed by atoms with Gasteiger partial charge >= 0.3 is 6.03 Å². The van der Waals surface area contributed by atoms with Crippen molar-refractivity contribution in [2.24, 2.45) is 5.92 Å². The highest BCUT2D eigenvalue weighted by molar-refractivity contribution is 5.74. The van der Waals surface area contributed by atoms with Gasteiger partial charge in [0.2, 0.25) is 0 Å². The fourth-order valence-electron chi connectivity index (χ4n) is 3.79. The number of carbonyl (C=O) groups is 1. The second kappa shape index (κ2) is 7.23. The molecule has 7 heteroatoms. The number of carbonyl (C=O) groups excluding carboxylic acids is 1. The molecule has 1 fully saturated rings. The Bertz CT molecular complexity index is 826. The number of ether oxygens (including phenoxy) is 1. The maximum Gasteiger partial charge on any atom is 0.317 e. The van der Waals surface area contributed by atoms with Crippen LogP contribution in [-0.2, 0) is 16.8 Å². The zero-order valence-corrected chi connectivity index (χ0v) is 15.8. The van der Waals surface area contributed by atoms with Gasteiger partial charge in [-0.2, -0.15) is 0 Å². The van der Waals surface area contributed by atoms with E-state index in [0.29, 0.717) is 44.6 Å². The van der Waals surface area contributed by atoms with Gasteiger partial charge in [0.15, 0.2) is 5.82 Å². The van der Waals surface area contributed by atoms with E-state index in [2.05, 4.69) is 29.1 Å². The van der Waals surface area contributed by atoms with Crippen LogP contribution >= 0.6 is 0 Å². The maximum absolute atomic E-state index is 12.5. The molecule has 0 aromatic carbocycles. The molecule has 0 saturated carbocycles. The van der Waals surface area contributed by atoms with Crippen LogP contribution in [0, 0.1) is 5.92 Å². The lowest BCUT2D eigenvalue weighted by Crippen LogP contribution is -2.45. The Morgan fingerprint density at radius 1 is 1.41 bits per heavy atom. The minimum Gasteiger partial charge on any atom is -0.376 e. The van der Waals surface area contributed by atoms with Crippen LogP contribution in [0.5, 0.6) is 0 Å². The van der Waals surface area contributed by atoms with Gasteiger partial charge in [0.25, 0.3) is 0 Å². The summed E-state index contributed by atoms with van der Waals surface area (Å²) in [5.41, 5.74) is 2.66. The highest BCUT2D eigenvalue weighted by atomic mass is 16.5. The van der Waals surface area contributed by atoms with E-state index in [9.17, 15) is 4.79 Å². The predicted octanol–water partition coefficient (Wildman–Crippen LogP) is 2.38. The van der Waals surface area contributed by atoms with Crippen molar-refractivity contribution in [1.82, 2.24) is 25.2 Å². The Labute approximate surface area is 159 Å². The molecule has 2 aromatic rings. The first kappa shape index (κ1) is 17.9. The van der Waals surface area contributed by atoms with Crippen molar-refractivity contribution in [3.8, 4) is 11.4 Å². The summed E-state index contributed by atoms with van der Waals surface area (Å²) in [6, 6.07) is 3.84. The standard InChI is InChI=1S/C20H25N5O2/c1-14(2)8-23-19(26)25-7-5-20(12-25)13-27-11-16-10-22-18(24-17(16)20)15-4-3-6-21-9-15/h3-4,6,9-10,14H,5,7-8,11-13H2,1-2H3,(H,23,26). The van der Waals surface area contributed by atoms with Crippen molar-refractivity contribution < 1.29 is 9.53 Å². The van der Waals surface area contributed by atoms with Gasteiger partial charge in [0, 0.05) is 49.4 Å². The number of hydrogen-bond donors (Lipinski definition) is 1. The number of aromatic nitrogens is 3. The van der Waals surface area contributed by atoms with E-state index in [1.165, 1.54) is 0 Å². The second-order valence-electron chi connectivity index (χ2n) is 7.83. The summed E-state index contributed by atoms with van der Waals surface area (Å²) in [5.74, 6) is 1.10. The third kappa shape index (κ3) is 3.51. The maximum atomic E-state index is 12.5. The second-order valence-corrected chi connectivity index (χ2v) is 7.83. The van der Waals surface area contributed by atoms with Crippen LogP contribution in [0.4, 0.5) is 4.79 Å². The van der Waals surface area contributed by atoms with Gasteiger partial charge in [-0.05, 0) is 24.5 Å². The molecule has 27 heavy (non-hydrogen) atoms. The van der Waals surface area contributed by atoms with E-state index in [1.807, 2.05) is 23.2 Å². The Morgan fingerprint density at radius 2 is 2.30 bits per heavy atom. The monoisotopic (exact) mass is 367 g/mol. The molecule has 0 aliphatic carbocycles. The van der Waals surface area contributed by atoms with Crippen molar-refractivity contribution in [1.29, 1.82) is 0 Å². The van der Waals surface area contributed by atoms with Gasteiger partial charge in [-0.25, -0.2) is 14.8 Å². The van der Waals surface area contributed by atoms with Crippen molar-refractivity contribution in [2.45, 2.75) is 32.3 Å². The van der Waals surface area contributed by atoms with Crippen LogP contribution in [0.25, 0.3) is 11.4 Å². The first-order valence-corrected chi connectivity index (χ1v) is 9.45. The van der Waals surface area contributed by atoms with Crippen LogP contribution in [-0.4, -0.2) is 52.1 Å². The smallest absolute Gasteiger partial charge is 0.317 e. The molecular weight excluding hydrogens is 342 g/mol. The Morgan fingerprint density at radius 3 is 3.07 bits per heavy atom. The Balaban J connectivity index is 1.60. The van der Waals surface area contributed by atoms with Crippen molar-refractivity contribution in [3.05, 3.63) is 42.0 Å². The predicted molar refractivity (Wildman–Crippen MR) is 101 cm³/mol. The minimum atomic E-state index is -0.261. The van der Waals surface area contributed by atoms with Crippen LogP contribution in [0.2, 0.25) is 0 Å². The third-order valence-electron chi connectivity index (χ3n) is 5.23. The van der Waals surface area contributed by atoms with Gasteiger partial charge < -0.3 is 15.0 Å². The molecule has 0 radical (unpaired) electrons. The van der Waals surface area contributed by atoms with E-state index < -0.39 is 0 Å². The third-order valence-corrected chi connectivity index (χ3v) is 5.23. The topological polar surface area (TPSA) is 80.2 Å². The average Bonchev–Trinajstić information content (AvgIpc) is 3.12. The lowest BCUT2D eigenvalue weighted by atomic mass is 9.80. The average molecular weight is 367 g/mol. The summed E-state index contributed by atoms with van der Waals surface area (Å²) < 4.78 is 5.85. The number of urea groups is 1. The molecule has 1 N–H and O–H groups in total. The molecule has 2 aromatic heterocycles. The number of rotatable bonds is 3. The molecule has 2 aliphatic rings. The number of pyridine rings is 1. The molecule has 4 heterocycles. The first-order chi connectivity index (χ1) is 13.1. The summed E-state index contributed by atoms with van der Waals surface area (Å²) in [6.07, 6.45) is 6.21. The van der Waals surface area contributed by atoms with Crippen molar-refractivity contribution >= 4 is 6.03 Å². The summed E-state index contributed by atoms with van der Waals surface area (Å²) >= 11 is 0. The lowest BCUT2D eigenvalue weighted by molar-refractivity contribution is 0.0519. The molecular formula is C20H25N5O2. The Kier molecular flexibility index (Phi) is 4.78. The molecule has 1 saturated heterocycles. The van der Waals surface area contributed by atoms with Crippen LogP contribution in [0.3, 0.4) is 0 Å². The summed E-state index contributed by atoms with van der Waals surface area (Å²) in [6.45, 7) is 7.29.